The number of rotatable bonds is 6. The van der Waals surface area contributed by atoms with Crippen LogP contribution in [-0.2, 0) is 15.1 Å². The van der Waals surface area contributed by atoms with Crippen LogP contribution in [0.2, 0.25) is 0 Å². The molecule has 30 heavy (non-hydrogen) atoms. The van der Waals surface area contributed by atoms with Crippen molar-refractivity contribution in [1.82, 2.24) is 0 Å². The smallest absolute Gasteiger partial charge is 0.325 e. The Morgan fingerprint density at radius 3 is 1.50 bits per heavy atom. The molecule has 1 heterocycles. The van der Waals surface area contributed by atoms with E-state index in [0.29, 0.717) is 0 Å². The molecule has 4 nitrogen and oxygen atoms in total. The Balaban J connectivity index is 1.80. The second kappa shape index (κ2) is 8.24. The van der Waals surface area contributed by atoms with Gasteiger partial charge in [-0.15, -0.1) is 0 Å². The van der Waals surface area contributed by atoms with E-state index in [0.717, 1.165) is 16.7 Å². The minimum Gasteiger partial charge on any atom is -0.384 e. The number of benzene rings is 3. The molecule has 1 unspecified atom stereocenters. The maximum absolute atomic E-state index is 13.9. The number of hydrogen-bond donors (Lipinski definition) is 2. The third-order valence-corrected chi connectivity index (χ3v) is 5.38. The van der Waals surface area contributed by atoms with Crippen molar-refractivity contribution < 1.29 is 28.5 Å². The van der Waals surface area contributed by atoms with Crippen molar-refractivity contribution in [2.24, 2.45) is 0 Å². The van der Waals surface area contributed by atoms with E-state index in [1.807, 2.05) is 91.0 Å². The largest absolute Gasteiger partial charge is 0.384 e. The first-order chi connectivity index (χ1) is 14.5. The van der Waals surface area contributed by atoms with Crippen molar-refractivity contribution in [2.75, 3.05) is 6.61 Å². The number of aliphatic hydroxyl groups excluding tert-OH is 2. The molecule has 0 bridgehead atoms. The zero-order valence-corrected chi connectivity index (χ0v) is 16.1. The first kappa shape index (κ1) is 20.6. The fourth-order valence-electron chi connectivity index (χ4n) is 3.83. The summed E-state index contributed by atoms with van der Waals surface area (Å²) in [5.74, 6) is -3.76. The molecule has 0 spiro atoms. The van der Waals surface area contributed by atoms with E-state index in [-0.39, 0.29) is 6.61 Å². The van der Waals surface area contributed by atoms with Crippen molar-refractivity contribution in [1.29, 1.82) is 0 Å². The van der Waals surface area contributed by atoms with Crippen LogP contribution in [0.4, 0.5) is 8.78 Å². The van der Waals surface area contributed by atoms with Gasteiger partial charge in [0.05, 0.1) is 6.61 Å². The van der Waals surface area contributed by atoms with Gasteiger partial charge in [0.15, 0.2) is 6.10 Å². The van der Waals surface area contributed by atoms with Gasteiger partial charge in [-0.1, -0.05) is 91.0 Å². The lowest BCUT2D eigenvalue weighted by molar-refractivity contribution is -0.200. The molecule has 0 radical (unpaired) electrons. The molecule has 2 N–H and O–H groups in total. The minimum absolute atomic E-state index is 0.355. The number of halogens is 2. The molecule has 3 aromatic rings. The molecule has 0 saturated carbocycles. The van der Waals surface area contributed by atoms with Crippen molar-refractivity contribution in [2.45, 2.75) is 30.0 Å². The van der Waals surface area contributed by atoms with Crippen LogP contribution < -0.4 is 0 Å². The predicted octanol–water partition coefficient (Wildman–Crippen LogP) is 3.71. The molecule has 0 aliphatic carbocycles. The first-order valence-electron chi connectivity index (χ1n) is 9.66. The third kappa shape index (κ3) is 3.52. The van der Waals surface area contributed by atoms with Gasteiger partial charge >= 0.3 is 5.92 Å². The average molecular weight is 412 g/mol. The number of hydrogen-bond acceptors (Lipinski definition) is 4. The molecule has 0 amide bonds. The van der Waals surface area contributed by atoms with E-state index in [1.54, 1.807) is 0 Å². The van der Waals surface area contributed by atoms with Gasteiger partial charge in [0, 0.05) is 0 Å². The molecule has 1 saturated heterocycles. The highest BCUT2D eigenvalue weighted by Crippen LogP contribution is 2.42. The topological polar surface area (TPSA) is 58.9 Å². The maximum atomic E-state index is 13.9. The SMILES string of the molecule is OC1O[C@H](COC(c2ccccc2)(c2ccccc2)c2ccccc2)[C@@H](O)C1(F)F. The standard InChI is InChI=1S/C24H22F2O4/c25-24(26)21(27)20(30-22(24)28)16-29-23(17-10-4-1-5-11-17,18-12-6-2-7-13-18)19-14-8-3-9-15-19/h1-15,20-22,27-28H,16H2/t20-,21-,22?/m1/s1. The zero-order valence-electron chi connectivity index (χ0n) is 16.1. The highest BCUT2D eigenvalue weighted by atomic mass is 19.3. The molecular weight excluding hydrogens is 390 g/mol. The van der Waals surface area contributed by atoms with Gasteiger partial charge < -0.3 is 19.7 Å². The van der Waals surface area contributed by atoms with E-state index < -0.39 is 30.0 Å². The summed E-state index contributed by atoms with van der Waals surface area (Å²) in [7, 11) is 0. The Kier molecular flexibility index (Phi) is 5.66. The van der Waals surface area contributed by atoms with Crippen LogP contribution in [0, 0.1) is 0 Å². The third-order valence-electron chi connectivity index (χ3n) is 5.38. The van der Waals surface area contributed by atoms with Gasteiger partial charge in [0.1, 0.15) is 11.7 Å². The number of aliphatic hydroxyl groups is 2. The van der Waals surface area contributed by atoms with Gasteiger partial charge in [-0.3, -0.25) is 0 Å². The minimum atomic E-state index is -3.76. The van der Waals surface area contributed by atoms with Crippen molar-refractivity contribution in [3.05, 3.63) is 108 Å². The highest BCUT2D eigenvalue weighted by molar-refractivity contribution is 5.47. The van der Waals surface area contributed by atoms with Crippen LogP contribution in [0.5, 0.6) is 0 Å². The van der Waals surface area contributed by atoms with E-state index in [9.17, 15) is 19.0 Å². The molecule has 6 heteroatoms. The quantitative estimate of drug-likeness (QED) is 0.606. The van der Waals surface area contributed by atoms with Gasteiger partial charge in [-0.2, -0.15) is 8.78 Å². The fraction of sp³-hybridized carbons (Fsp3) is 0.250. The van der Waals surface area contributed by atoms with Crippen molar-refractivity contribution in [3.8, 4) is 0 Å². The van der Waals surface area contributed by atoms with Crippen molar-refractivity contribution in [3.63, 3.8) is 0 Å². The highest BCUT2D eigenvalue weighted by Gasteiger charge is 2.58. The monoisotopic (exact) mass is 412 g/mol. The molecule has 1 aliphatic rings. The Bertz CT molecular complexity index is 854. The van der Waals surface area contributed by atoms with E-state index in [1.165, 1.54) is 0 Å². The molecule has 4 rings (SSSR count). The molecule has 3 aromatic carbocycles. The summed E-state index contributed by atoms with van der Waals surface area (Å²) in [4.78, 5) is 0. The molecule has 1 fully saturated rings. The van der Waals surface area contributed by atoms with Crippen molar-refractivity contribution >= 4 is 0 Å². The van der Waals surface area contributed by atoms with Gasteiger partial charge in [-0.25, -0.2) is 0 Å². The summed E-state index contributed by atoms with van der Waals surface area (Å²) < 4.78 is 39.1. The summed E-state index contributed by atoms with van der Waals surface area (Å²) in [6, 6.07) is 28.3. The summed E-state index contributed by atoms with van der Waals surface area (Å²) in [6.45, 7) is -0.355. The van der Waals surface area contributed by atoms with Gasteiger partial charge in [-0.05, 0) is 16.7 Å². The lowest BCUT2D eigenvalue weighted by Crippen LogP contribution is -2.42. The van der Waals surface area contributed by atoms with Crippen LogP contribution in [-0.4, -0.2) is 41.2 Å². The first-order valence-corrected chi connectivity index (χ1v) is 9.66. The Labute approximate surface area is 173 Å². The van der Waals surface area contributed by atoms with E-state index in [2.05, 4.69) is 0 Å². The summed E-state index contributed by atoms with van der Waals surface area (Å²) >= 11 is 0. The summed E-state index contributed by atoms with van der Waals surface area (Å²) in [5, 5.41) is 19.5. The van der Waals surface area contributed by atoms with Crippen LogP contribution in [0.15, 0.2) is 91.0 Å². The number of ether oxygens (including phenoxy) is 2. The molecule has 0 aromatic heterocycles. The summed E-state index contributed by atoms with van der Waals surface area (Å²) in [5.41, 5.74) is 1.25. The Morgan fingerprint density at radius 2 is 1.17 bits per heavy atom. The predicted molar refractivity (Wildman–Crippen MR) is 107 cm³/mol. The maximum Gasteiger partial charge on any atom is 0.325 e. The number of alkyl halides is 2. The molecule has 156 valence electrons. The molecule has 3 atom stereocenters. The lowest BCUT2D eigenvalue weighted by Gasteiger charge is -2.37. The second-order valence-electron chi connectivity index (χ2n) is 7.24. The van der Waals surface area contributed by atoms with E-state index in [4.69, 9.17) is 9.47 Å². The van der Waals surface area contributed by atoms with Crippen LogP contribution >= 0.6 is 0 Å². The fourth-order valence-corrected chi connectivity index (χ4v) is 3.83. The summed E-state index contributed by atoms with van der Waals surface area (Å²) in [6.07, 6.45) is -5.93. The van der Waals surface area contributed by atoms with Crippen LogP contribution in [0.3, 0.4) is 0 Å². The van der Waals surface area contributed by atoms with Crippen LogP contribution in [0.25, 0.3) is 0 Å². The lowest BCUT2D eigenvalue weighted by atomic mass is 9.80. The van der Waals surface area contributed by atoms with Gasteiger partial charge in [0.25, 0.3) is 0 Å². The molecular formula is C24H22F2O4. The Hall–Kier alpha value is -2.64. The normalized spacial score (nSPS) is 23.4. The second-order valence-corrected chi connectivity index (χ2v) is 7.24. The van der Waals surface area contributed by atoms with Gasteiger partial charge in [0.2, 0.25) is 6.29 Å². The van der Waals surface area contributed by atoms with E-state index >= 15 is 0 Å². The average Bonchev–Trinajstić information content (AvgIpc) is 2.99. The molecule has 1 aliphatic heterocycles. The van der Waals surface area contributed by atoms with Crippen LogP contribution in [0.1, 0.15) is 16.7 Å². The zero-order chi connectivity index (χ0) is 21.2. The Morgan fingerprint density at radius 1 is 0.767 bits per heavy atom.